The number of ether oxygens (including phenoxy) is 1. The van der Waals surface area contributed by atoms with Gasteiger partial charge in [0, 0.05) is 25.7 Å². The van der Waals surface area contributed by atoms with Gasteiger partial charge in [-0.3, -0.25) is 18.5 Å². The highest BCUT2D eigenvalue weighted by atomic mass is 35.5. The lowest BCUT2D eigenvalue weighted by Gasteiger charge is -2.11. The molecule has 0 aliphatic rings. The molecule has 0 aliphatic heterocycles. The quantitative estimate of drug-likeness (QED) is 0.499. The molecule has 0 amide bonds. The minimum absolute atomic E-state index is 0.227. The van der Waals surface area contributed by atoms with Crippen LogP contribution in [-0.2, 0) is 27.2 Å². The maximum atomic E-state index is 13.0. The van der Waals surface area contributed by atoms with E-state index in [1.807, 2.05) is 43.4 Å². The number of aryl methyl sites for hydroxylation is 1. The van der Waals surface area contributed by atoms with Gasteiger partial charge >= 0.3 is 11.7 Å². The number of halogens is 1. The normalized spacial score (nSPS) is 11.2. The highest BCUT2D eigenvalue weighted by Crippen LogP contribution is 2.26. The zero-order chi connectivity index (χ0) is 22.1. The average Bonchev–Trinajstić information content (AvgIpc) is 3.11. The Kier molecular flexibility index (Phi) is 5.67. The van der Waals surface area contributed by atoms with Gasteiger partial charge in [0.1, 0.15) is 5.75 Å². The second-order valence-corrected chi connectivity index (χ2v) is 7.70. The molecule has 0 saturated carbocycles. The fourth-order valence-corrected chi connectivity index (χ4v) is 3.58. The summed E-state index contributed by atoms with van der Waals surface area (Å²) < 4.78 is 10.2. The van der Waals surface area contributed by atoms with Crippen molar-refractivity contribution >= 4 is 22.8 Å². The van der Waals surface area contributed by atoms with E-state index >= 15 is 0 Å². The predicted octanol–water partition coefficient (Wildman–Crippen LogP) is 2.65. The Morgan fingerprint density at radius 1 is 1.03 bits per heavy atom. The third kappa shape index (κ3) is 3.99. The number of benzene rings is 2. The monoisotopic (exact) mass is 439 g/mol. The number of hydrogen-bond acceptors (Lipinski definition) is 5. The largest absolute Gasteiger partial charge is 0.425 e. The first-order valence-corrected chi connectivity index (χ1v) is 10.1. The molecular weight excluding hydrogens is 418 g/mol. The van der Waals surface area contributed by atoms with Crippen LogP contribution in [0, 0.1) is 0 Å². The first kappa shape index (κ1) is 20.9. The molecule has 31 heavy (non-hydrogen) atoms. The SMILES string of the molecule is CNCc1cccc(Oc2nc3c(c(=O)n(C)c(=O)n3C)n2Cc2ccc(Cl)cc2)c1. The van der Waals surface area contributed by atoms with Crippen LogP contribution in [0.2, 0.25) is 5.02 Å². The summed E-state index contributed by atoms with van der Waals surface area (Å²) in [5, 5.41) is 3.72. The number of hydrogen-bond donors (Lipinski definition) is 1. The summed E-state index contributed by atoms with van der Waals surface area (Å²) in [7, 11) is 4.90. The fourth-order valence-electron chi connectivity index (χ4n) is 3.45. The number of fused-ring (bicyclic) bond motifs is 1. The number of nitrogens with one attached hydrogen (secondary N) is 1. The number of aromatic nitrogens is 4. The molecule has 160 valence electrons. The molecule has 8 nitrogen and oxygen atoms in total. The van der Waals surface area contributed by atoms with Gasteiger partial charge in [0.05, 0.1) is 6.54 Å². The van der Waals surface area contributed by atoms with Crippen molar-refractivity contribution in [2.75, 3.05) is 7.05 Å². The zero-order valence-corrected chi connectivity index (χ0v) is 18.2. The molecule has 2 aromatic heterocycles. The maximum Gasteiger partial charge on any atom is 0.332 e. The summed E-state index contributed by atoms with van der Waals surface area (Å²) >= 11 is 6.01. The van der Waals surface area contributed by atoms with Gasteiger partial charge in [-0.2, -0.15) is 4.98 Å². The van der Waals surface area contributed by atoms with Gasteiger partial charge in [0.25, 0.3) is 5.56 Å². The molecule has 0 fully saturated rings. The van der Waals surface area contributed by atoms with Crippen LogP contribution < -0.4 is 21.3 Å². The van der Waals surface area contributed by atoms with Gasteiger partial charge in [-0.15, -0.1) is 0 Å². The van der Waals surface area contributed by atoms with E-state index in [-0.39, 0.29) is 11.7 Å². The van der Waals surface area contributed by atoms with Gasteiger partial charge < -0.3 is 10.1 Å². The molecule has 1 N–H and O–H groups in total. The van der Waals surface area contributed by atoms with Gasteiger partial charge in [0.15, 0.2) is 11.2 Å². The average molecular weight is 440 g/mol. The summed E-state index contributed by atoms with van der Waals surface area (Å²) in [5.74, 6) is 0.585. The lowest BCUT2D eigenvalue weighted by atomic mass is 10.2. The summed E-state index contributed by atoms with van der Waals surface area (Å²) in [6.45, 7) is 1.01. The van der Waals surface area contributed by atoms with E-state index in [9.17, 15) is 9.59 Å². The van der Waals surface area contributed by atoms with Crippen molar-refractivity contribution in [3.8, 4) is 11.8 Å². The van der Waals surface area contributed by atoms with Crippen molar-refractivity contribution in [3.05, 3.63) is 85.5 Å². The molecule has 2 heterocycles. The maximum absolute atomic E-state index is 13.0. The molecule has 0 unspecified atom stereocenters. The molecule has 9 heteroatoms. The Morgan fingerprint density at radius 2 is 1.77 bits per heavy atom. The zero-order valence-electron chi connectivity index (χ0n) is 17.4. The lowest BCUT2D eigenvalue weighted by molar-refractivity contribution is 0.420. The van der Waals surface area contributed by atoms with Gasteiger partial charge in [-0.05, 0) is 42.4 Å². The Morgan fingerprint density at radius 3 is 2.48 bits per heavy atom. The summed E-state index contributed by atoms with van der Waals surface area (Å²) in [6.07, 6.45) is 0. The molecule has 0 saturated heterocycles. The molecule has 0 spiro atoms. The Balaban J connectivity index is 1.89. The molecule has 0 atom stereocenters. The molecule has 0 aliphatic carbocycles. The predicted molar refractivity (Wildman–Crippen MR) is 120 cm³/mol. The first-order valence-electron chi connectivity index (χ1n) is 9.71. The molecule has 0 bridgehead atoms. The highest BCUT2D eigenvalue weighted by Gasteiger charge is 2.21. The van der Waals surface area contributed by atoms with E-state index in [1.54, 1.807) is 23.7 Å². The van der Waals surface area contributed by atoms with E-state index in [1.165, 1.54) is 11.6 Å². The number of nitrogens with zero attached hydrogens (tertiary/aromatic N) is 4. The molecule has 4 rings (SSSR count). The van der Waals surface area contributed by atoms with Crippen LogP contribution in [0.15, 0.2) is 58.1 Å². The molecule has 0 radical (unpaired) electrons. The Hall–Kier alpha value is -3.36. The van der Waals surface area contributed by atoms with Crippen molar-refractivity contribution in [2.24, 2.45) is 14.1 Å². The van der Waals surface area contributed by atoms with Crippen LogP contribution in [0.5, 0.6) is 11.8 Å². The van der Waals surface area contributed by atoms with Crippen molar-refractivity contribution in [1.29, 1.82) is 0 Å². The van der Waals surface area contributed by atoms with E-state index in [2.05, 4.69) is 10.3 Å². The van der Waals surface area contributed by atoms with Crippen molar-refractivity contribution in [1.82, 2.24) is 24.0 Å². The van der Waals surface area contributed by atoms with E-state index in [0.717, 1.165) is 15.7 Å². The third-order valence-electron chi connectivity index (χ3n) is 5.06. The number of imidazole rings is 1. The summed E-state index contributed by atoms with van der Waals surface area (Å²) in [4.78, 5) is 29.9. The standard InChI is InChI=1S/C22H22ClN5O3/c1-24-12-15-5-4-6-17(11-15)31-21-25-19-18(20(29)27(3)22(30)26(19)2)28(21)13-14-7-9-16(23)10-8-14/h4-11,24H,12-13H2,1-3H3. The Bertz CT molecular complexity index is 1370. The summed E-state index contributed by atoms with van der Waals surface area (Å²) in [6, 6.07) is 15.1. The molecule has 4 aromatic rings. The minimum atomic E-state index is -0.448. The van der Waals surface area contributed by atoms with Crippen molar-refractivity contribution < 1.29 is 4.74 Å². The van der Waals surface area contributed by atoms with Gasteiger partial charge in [0.2, 0.25) is 0 Å². The van der Waals surface area contributed by atoms with Crippen LogP contribution in [0.4, 0.5) is 0 Å². The second kappa shape index (κ2) is 8.41. The van der Waals surface area contributed by atoms with Crippen LogP contribution in [0.3, 0.4) is 0 Å². The molecular formula is C22H22ClN5O3. The van der Waals surface area contributed by atoms with Crippen molar-refractivity contribution in [3.63, 3.8) is 0 Å². The van der Waals surface area contributed by atoms with Crippen LogP contribution in [0.1, 0.15) is 11.1 Å². The van der Waals surface area contributed by atoms with E-state index in [0.29, 0.717) is 29.4 Å². The highest BCUT2D eigenvalue weighted by molar-refractivity contribution is 6.30. The second-order valence-electron chi connectivity index (χ2n) is 7.26. The van der Waals surface area contributed by atoms with Gasteiger partial charge in [-0.25, -0.2) is 4.79 Å². The van der Waals surface area contributed by atoms with Crippen LogP contribution in [0.25, 0.3) is 11.2 Å². The van der Waals surface area contributed by atoms with E-state index in [4.69, 9.17) is 16.3 Å². The fraction of sp³-hybridized carbons (Fsp3) is 0.227. The lowest BCUT2D eigenvalue weighted by Crippen LogP contribution is -2.37. The summed E-state index contributed by atoms with van der Waals surface area (Å²) in [5.41, 5.74) is 1.64. The third-order valence-corrected chi connectivity index (χ3v) is 5.31. The Labute approximate surface area is 183 Å². The van der Waals surface area contributed by atoms with Gasteiger partial charge in [-0.1, -0.05) is 35.9 Å². The topological polar surface area (TPSA) is 83.1 Å². The molecule has 2 aromatic carbocycles. The van der Waals surface area contributed by atoms with Crippen LogP contribution in [-0.4, -0.2) is 25.7 Å². The van der Waals surface area contributed by atoms with Crippen LogP contribution >= 0.6 is 11.6 Å². The number of rotatable bonds is 6. The smallest absolute Gasteiger partial charge is 0.332 e. The minimum Gasteiger partial charge on any atom is -0.425 e. The first-order chi connectivity index (χ1) is 14.9. The van der Waals surface area contributed by atoms with E-state index < -0.39 is 11.2 Å². The van der Waals surface area contributed by atoms with Crippen molar-refractivity contribution in [2.45, 2.75) is 13.1 Å².